The molecule has 296 valence electrons. The Bertz CT molecular complexity index is 1030. The molecule has 1 aromatic rings. The molecule has 0 saturated carbocycles. The third-order valence-electron chi connectivity index (χ3n) is 9.85. The maximum absolute atomic E-state index is 12.9. The third-order valence-corrected chi connectivity index (χ3v) is 9.85. The summed E-state index contributed by atoms with van der Waals surface area (Å²) in [4.78, 5) is 12.9. The zero-order valence-electron chi connectivity index (χ0n) is 30.7. The van der Waals surface area contributed by atoms with Crippen LogP contribution < -0.4 is 5.32 Å². The van der Waals surface area contributed by atoms with Gasteiger partial charge in [-0.25, -0.2) is 0 Å². The maximum Gasteiger partial charge on any atom is 0.416 e. The van der Waals surface area contributed by atoms with Crippen LogP contribution in [0, 0.1) is 0 Å². The highest BCUT2D eigenvalue weighted by Gasteiger charge is 2.44. The second kappa shape index (κ2) is 26.1. The fourth-order valence-electron chi connectivity index (χ4n) is 6.51. The molecule has 1 heterocycles. The van der Waals surface area contributed by atoms with Gasteiger partial charge in [0.15, 0.2) is 6.29 Å². The number of halogens is 3. The van der Waals surface area contributed by atoms with Crippen LogP contribution in [-0.2, 0) is 26.9 Å². The van der Waals surface area contributed by atoms with Crippen molar-refractivity contribution in [2.75, 3.05) is 13.2 Å². The highest BCUT2D eigenvalue weighted by atomic mass is 19.4. The number of aliphatic hydroxyl groups excluding tert-OH is 5. The third kappa shape index (κ3) is 18.7. The van der Waals surface area contributed by atoms with Crippen molar-refractivity contribution in [2.45, 2.75) is 191 Å². The number of amides is 1. The first-order valence-corrected chi connectivity index (χ1v) is 19.5. The van der Waals surface area contributed by atoms with Crippen molar-refractivity contribution < 1.29 is 53.0 Å². The Morgan fingerprint density at radius 1 is 0.784 bits per heavy atom. The molecule has 0 radical (unpaired) electrons. The number of carbonyl (C=O) groups is 1. The molecule has 0 spiro atoms. The first-order valence-electron chi connectivity index (χ1n) is 19.5. The molecule has 1 saturated heterocycles. The summed E-state index contributed by atoms with van der Waals surface area (Å²) in [5, 5.41) is 54.0. The van der Waals surface area contributed by atoms with Gasteiger partial charge >= 0.3 is 6.18 Å². The summed E-state index contributed by atoms with van der Waals surface area (Å²) >= 11 is 0. The van der Waals surface area contributed by atoms with E-state index in [0.717, 1.165) is 69.1 Å². The second-order valence-electron chi connectivity index (χ2n) is 14.3. The smallest absolute Gasteiger partial charge is 0.394 e. The fourth-order valence-corrected chi connectivity index (χ4v) is 6.51. The van der Waals surface area contributed by atoms with Crippen LogP contribution in [0.4, 0.5) is 13.2 Å². The van der Waals surface area contributed by atoms with Gasteiger partial charge in [0.05, 0.1) is 30.9 Å². The highest BCUT2D eigenvalue weighted by molar-refractivity contribution is 5.76. The number of nitrogens with one attached hydrogen (secondary N) is 1. The molecule has 3 unspecified atom stereocenters. The molecule has 0 aliphatic carbocycles. The van der Waals surface area contributed by atoms with E-state index in [9.17, 15) is 43.5 Å². The summed E-state index contributed by atoms with van der Waals surface area (Å²) in [5.41, 5.74) is 0.205. The van der Waals surface area contributed by atoms with E-state index in [4.69, 9.17) is 9.47 Å². The van der Waals surface area contributed by atoms with E-state index >= 15 is 0 Å². The minimum Gasteiger partial charge on any atom is -0.394 e. The zero-order chi connectivity index (χ0) is 37.5. The number of aryl methyl sites for hydroxylation is 1. The summed E-state index contributed by atoms with van der Waals surface area (Å²) in [7, 11) is 0. The SMILES string of the molecule is CCCCCCCCCCCCCCC[C@@H](O)[C@H](CO[C@H]1OC(CO)[C@H](O)C(O)C1O)NC(=O)CCCCCCCc1ccc(C(F)(F)F)cc1. The summed E-state index contributed by atoms with van der Waals surface area (Å²) in [5.74, 6) is -0.258. The number of hydrogen-bond donors (Lipinski definition) is 6. The Balaban J connectivity index is 1.73. The van der Waals surface area contributed by atoms with Gasteiger partial charge in [-0.3, -0.25) is 4.79 Å². The van der Waals surface area contributed by atoms with Crippen molar-refractivity contribution in [1.29, 1.82) is 0 Å². The van der Waals surface area contributed by atoms with E-state index < -0.39 is 61.2 Å². The van der Waals surface area contributed by atoms with Crippen LogP contribution in [0.15, 0.2) is 24.3 Å². The lowest BCUT2D eigenvalue weighted by Crippen LogP contribution is -2.60. The topological polar surface area (TPSA) is 149 Å². The predicted molar refractivity (Wildman–Crippen MR) is 191 cm³/mol. The molecule has 12 heteroatoms. The van der Waals surface area contributed by atoms with Crippen LogP contribution in [0.25, 0.3) is 0 Å². The molecule has 1 aromatic carbocycles. The van der Waals surface area contributed by atoms with Crippen molar-refractivity contribution in [3.63, 3.8) is 0 Å². The van der Waals surface area contributed by atoms with Gasteiger partial charge in [0.2, 0.25) is 5.91 Å². The van der Waals surface area contributed by atoms with Gasteiger partial charge in [0.1, 0.15) is 24.4 Å². The highest BCUT2D eigenvalue weighted by Crippen LogP contribution is 2.29. The van der Waals surface area contributed by atoms with Crippen LogP contribution in [-0.4, -0.2) is 87.5 Å². The summed E-state index contributed by atoms with van der Waals surface area (Å²) in [6.45, 7) is 1.43. The Hall–Kier alpha value is -1.80. The molecule has 9 nitrogen and oxygen atoms in total. The molecule has 6 N–H and O–H groups in total. The maximum atomic E-state index is 12.9. The monoisotopic (exact) mass is 733 g/mol. The van der Waals surface area contributed by atoms with E-state index in [-0.39, 0.29) is 18.9 Å². The van der Waals surface area contributed by atoms with Gasteiger partial charge < -0.3 is 40.3 Å². The van der Waals surface area contributed by atoms with Gasteiger partial charge in [-0.2, -0.15) is 13.2 Å². The molecule has 2 rings (SSSR count). The molecule has 0 aromatic heterocycles. The normalized spacial score (nSPS) is 22.2. The number of ether oxygens (including phenoxy) is 2. The number of carbonyl (C=O) groups excluding carboxylic acids is 1. The molecular formula is C39H66F3NO8. The van der Waals surface area contributed by atoms with Crippen molar-refractivity contribution in [3.05, 3.63) is 35.4 Å². The first-order chi connectivity index (χ1) is 24.5. The number of unbranched alkanes of at least 4 members (excludes halogenated alkanes) is 16. The van der Waals surface area contributed by atoms with Crippen LogP contribution in [0.2, 0.25) is 0 Å². The number of rotatable bonds is 28. The largest absolute Gasteiger partial charge is 0.416 e. The Kier molecular flexibility index (Phi) is 23.2. The Morgan fingerprint density at radius 3 is 1.86 bits per heavy atom. The van der Waals surface area contributed by atoms with E-state index in [0.29, 0.717) is 19.3 Å². The quantitative estimate of drug-likeness (QED) is 0.0520. The Morgan fingerprint density at radius 2 is 1.31 bits per heavy atom. The van der Waals surface area contributed by atoms with Gasteiger partial charge in [-0.1, -0.05) is 122 Å². The standard InChI is InChI=1S/C39H66F3NO8/c1-2-3-4-5-6-7-8-9-10-11-12-15-18-21-32(45)31(28-50-38-37(49)36(48)35(47)33(27-44)51-38)43-34(46)22-19-16-13-14-17-20-29-23-25-30(26-24-29)39(40,41)42/h23-26,31-33,35-38,44-45,47-49H,2-22,27-28H2,1H3,(H,43,46)/t31-,32+,33?,35-,36?,37?,38-/m0/s1. The first kappa shape index (κ1) is 45.4. The van der Waals surface area contributed by atoms with Gasteiger partial charge in [0, 0.05) is 6.42 Å². The van der Waals surface area contributed by atoms with Gasteiger partial charge in [0.25, 0.3) is 0 Å². The van der Waals surface area contributed by atoms with Gasteiger partial charge in [-0.15, -0.1) is 0 Å². The minimum atomic E-state index is -4.34. The van der Waals surface area contributed by atoms with E-state index in [1.165, 1.54) is 69.9 Å². The molecule has 0 bridgehead atoms. The zero-order valence-corrected chi connectivity index (χ0v) is 30.7. The molecule has 1 aliphatic rings. The lowest BCUT2D eigenvalue weighted by atomic mass is 9.99. The fraction of sp³-hybridized carbons (Fsp3) is 0.821. The van der Waals surface area contributed by atoms with E-state index in [1.807, 2.05) is 0 Å². The number of aliphatic hydroxyl groups is 5. The summed E-state index contributed by atoms with van der Waals surface area (Å²) < 4.78 is 49.4. The van der Waals surface area contributed by atoms with E-state index in [2.05, 4.69) is 12.2 Å². The van der Waals surface area contributed by atoms with Crippen LogP contribution >= 0.6 is 0 Å². The van der Waals surface area contributed by atoms with Crippen LogP contribution in [0.3, 0.4) is 0 Å². The number of alkyl halides is 3. The molecule has 1 fully saturated rings. The number of hydrogen-bond acceptors (Lipinski definition) is 8. The average Bonchev–Trinajstić information content (AvgIpc) is 3.11. The molecule has 51 heavy (non-hydrogen) atoms. The van der Waals surface area contributed by atoms with Crippen LogP contribution in [0.1, 0.15) is 146 Å². The Labute approximate surface area is 303 Å². The molecular weight excluding hydrogens is 667 g/mol. The molecule has 1 amide bonds. The van der Waals surface area contributed by atoms with Crippen molar-refractivity contribution in [2.24, 2.45) is 0 Å². The summed E-state index contributed by atoms with van der Waals surface area (Å²) in [6.07, 6.45) is 8.54. The summed E-state index contributed by atoms with van der Waals surface area (Å²) in [6, 6.07) is 4.43. The lowest BCUT2D eigenvalue weighted by molar-refractivity contribution is -0.302. The van der Waals surface area contributed by atoms with E-state index in [1.54, 1.807) is 0 Å². The van der Waals surface area contributed by atoms with Crippen LogP contribution in [0.5, 0.6) is 0 Å². The number of benzene rings is 1. The van der Waals surface area contributed by atoms with Crippen molar-refractivity contribution >= 4 is 5.91 Å². The average molecular weight is 734 g/mol. The second-order valence-corrected chi connectivity index (χ2v) is 14.3. The van der Waals surface area contributed by atoms with Gasteiger partial charge in [-0.05, 0) is 43.4 Å². The van der Waals surface area contributed by atoms with Crippen molar-refractivity contribution in [3.8, 4) is 0 Å². The molecule has 1 aliphatic heterocycles. The lowest BCUT2D eigenvalue weighted by Gasteiger charge is -2.40. The van der Waals surface area contributed by atoms with Crippen molar-refractivity contribution in [1.82, 2.24) is 5.32 Å². The predicted octanol–water partition coefficient (Wildman–Crippen LogP) is 6.73. The minimum absolute atomic E-state index is 0.210. The molecule has 7 atom stereocenters.